The van der Waals surface area contributed by atoms with Crippen molar-refractivity contribution in [3.63, 3.8) is 0 Å². The summed E-state index contributed by atoms with van der Waals surface area (Å²) < 4.78 is 29.3. The highest BCUT2D eigenvalue weighted by molar-refractivity contribution is 6.31. The Balaban J connectivity index is 1.49. The zero-order valence-corrected chi connectivity index (χ0v) is 26.0. The lowest BCUT2D eigenvalue weighted by Gasteiger charge is -2.47. The van der Waals surface area contributed by atoms with E-state index in [-0.39, 0.29) is 40.8 Å². The molecule has 0 unspecified atom stereocenters. The highest BCUT2D eigenvalue weighted by atomic mass is 35.5. The molecule has 6 atom stereocenters. The molecule has 2 aliphatic heterocycles. The van der Waals surface area contributed by atoms with Gasteiger partial charge in [-0.25, -0.2) is 14.1 Å². The Kier molecular flexibility index (Phi) is 7.66. The maximum atomic E-state index is 14.4. The van der Waals surface area contributed by atoms with Gasteiger partial charge >= 0.3 is 6.09 Å². The smallest absolute Gasteiger partial charge is 0.423 e. The average molecular weight is 653 g/mol. The van der Waals surface area contributed by atoms with Crippen molar-refractivity contribution in [2.24, 2.45) is 35.0 Å². The van der Waals surface area contributed by atoms with Gasteiger partial charge in [0.15, 0.2) is 11.5 Å². The Morgan fingerprint density at radius 2 is 1.70 bits per heavy atom. The van der Waals surface area contributed by atoms with Gasteiger partial charge in [-0.3, -0.25) is 19.2 Å². The van der Waals surface area contributed by atoms with Crippen LogP contribution in [-0.4, -0.2) is 61.1 Å². The standard InChI is InChI=1S/C33H30ClFN2O9/c1-33-20(9-5-15-11-24(44-2)27(38)25(12-15)45-3)17-7-8-18-26(30(41)37(28(18)39)32(43)46-4)19(17)14-21(33)29(40)36(31(33)42)16-6-10-23(35)22(34)13-16/h5-7,9-13,18-21,26,38H,8,14H2,1-4H3/t18-,19+,20-,21-,26-,33-/m0/s1. The Morgan fingerprint density at radius 1 is 1.02 bits per heavy atom. The molecule has 2 aromatic carbocycles. The summed E-state index contributed by atoms with van der Waals surface area (Å²) in [6.45, 7) is 1.68. The predicted molar refractivity (Wildman–Crippen MR) is 161 cm³/mol. The van der Waals surface area contributed by atoms with Gasteiger partial charge in [-0.15, -0.1) is 0 Å². The average Bonchev–Trinajstić information content (AvgIpc) is 3.41. The molecule has 240 valence electrons. The molecule has 0 radical (unpaired) electrons. The molecule has 46 heavy (non-hydrogen) atoms. The molecule has 0 aromatic heterocycles. The third-order valence-electron chi connectivity index (χ3n) is 9.85. The lowest BCUT2D eigenvalue weighted by Crippen LogP contribution is -2.49. The van der Waals surface area contributed by atoms with Crippen molar-refractivity contribution in [1.82, 2.24) is 4.90 Å². The number of phenolic OH excluding ortho intramolecular Hbond substituents is 1. The normalized spacial score (nSPS) is 28.7. The lowest BCUT2D eigenvalue weighted by atomic mass is 9.52. The number of ether oxygens (including phenoxy) is 3. The molecule has 6 rings (SSSR count). The van der Waals surface area contributed by atoms with Gasteiger partial charge in [-0.1, -0.05) is 35.4 Å². The number of halogens is 2. The maximum absolute atomic E-state index is 14.4. The van der Waals surface area contributed by atoms with Gasteiger partial charge in [0, 0.05) is 5.92 Å². The van der Waals surface area contributed by atoms with E-state index < -0.39 is 70.5 Å². The number of fused-ring (bicyclic) bond motifs is 4. The second-order valence-corrected chi connectivity index (χ2v) is 12.3. The van der Waals surface area contributed by atoms with Crippen LogP contribution >= 0.6 is 11.6 Å². The SMILES string of the molecule is COC(=O)N1C(=O)[C@H]2[C@H](CC=C3[C@H]2C[C@H]2C(=O)N(c4ccc(F)c(Cl)c4)C(=O)[C@@]2(C)[C@H]3C=Cc2cc(OC)c(O)c(OC)c2)C1=O. The van der Waals surface area contributed by atoms with E-state index in [1.54, 1.807) is 31.2 Å². The predicted octanol–water partition coefficient (Wildman–Crippen LogP) is 4.74. The first kappa shape index (κ1) is 31.3. The van der Waals surface area contributed by atoms with Crippen LogP contribution in [0.3, 0.4) is 0 Å². The minimum atomic E-state index is -1.36. The summed E-state index contributed by atoms with van der Waals surface area (Å²) in [5.41, 5.74) is -0.0258. The van der Waals surface area contributed by atoms with Crippen LogP contribution in [0.5, 0.6) is 17.2 Å². The summed E-state index contributed by atoms with van der Waals surface area (Å²) in [7, 11) is 3.85. The number of rotatable bonds is 5. The third kappa shape index (κ3) is 4.41. The molecule has 0 spiro atoms. The number of imide groups is 4. The topological polar surface area (TPSA) is 140 Å². The van der Waals surface area contributed by atoms with Gasteiger partial charge in [0.25, 0.3) is 0 Å². The molecule has 4 aliphatic rings. The van der Waals surface area contributed by atoms with Crippen LogP contribution < -0.4 is 14.4 Å². The quantitative estimate of drug-likeness (QED) is 0.358. The monoisotopic (exact) mass is 652 g/mol. The molecule has 3 fully saturated rings. The van der Waals surface area contributed by atoms with Gasteiger partial charge in [-0.2, -0.15) is 4.90 Å². The summed E-state index contributed by atoms with van der Waals surface area (Å²) in [5.74, 6) is -7.22. The minimum Gasteiger partial charge on any atom is -0.502 e. The summed E-state index contributed by atoms with van der Waals surface area (Å²) in [5, 5.41) is 10.1. The Hall–Kier alpha value is -4.71. The van der Waals surface area contributed by atoms with Crippen molar-refractivity contribution in [1.29, 1.82) is 0 Å². The van der Waals surface area contributed by atoms with Crippen molar-refractivity contribution in [3.05, 3.63) is 64.5 Å². The van der Waals surface area contributed by atoms with E-state index in [4.69, 9.17) is 25.8 Å². The van der Waals surface area contributed by atoms with Crippen molar-refractivity contribution in [3.8, 4) is 17.2 Å². The number of nitrogens with zero attached hydrogens (tertiary/aromatic N) is 2. The van der Waals surface area contributed by atoms with Crippen LogP contribution in [0.2, 0.25) is 5.02 Å². The number of likely N-dealkylation sites (tertiary alicyclic amines) is 1. The minimum absolute atomic E-state index is 0.0543. The molecule has 1 saturated carbocycles. The fraction of sp³-hybridized carbons (Fsp3) is 0.364. The van der Waals surface area contributed by atoms with Crippen LogP contribution in [0.1, 0.15) is 25.3 Å². The number of hydrogen-bond acceptors (Lipinski definition) is 9. The molecular formula is C33H30ClFN2O9. The molecular weight excluding hydrogens is 623 g/mol. The number of benzene rings is 2. The molecule has 13 heteroatoms. The van der Waals surface area contributed by atoms with E-state index in [9.17, 15) is 33.5 Å². The highest BCUT2D eigenvalue weighted by Gasteiger charge is 2.67. The second-order valence-electron chi connectivity index (χ2n) is 11.9. The Morgan fingerprint density at radius 3 is 2.30 bits per heavy atom. The maximum Gasteiger partial charge on any atom is 0.423 e. The fourth-order valence-electron chi connectivity index (χ4n) is 7.58. The number of allylic oxidation sites excluding steroid dienone is 3. The molecule has 2 aliphatic carbocycles. The van der Waals surface area contributed by atoms with Crippen LogP contribution in [0.4, 0.5) is 14.9 Å². The number of aromatic hydroxyl groups is 1. The van der Waals surface area contributed by atoms with Crippen LogP contribution in [0, 0.1) is 40.8 Å². The van der Waals surface area contributed by atoms with Crippen molar-refractivity contribution < 1.29 is 47.7 Å². The van der Waals surface area contributed by atoms with Gasteiger partial charge in [0.05, 0.1) is 55.2 Å². The van der Waals surface area contributed by atoms with Crippen molar-refractivity contribution in [2.75, 3.05) is 26.2 Å². The molecule has 5 amide bonds. The summed E-state index contributed by atoms with van der Waals surface area (Å²) in [4.78, 5) is 69.3. The Bertz CT molecular complexity index is 1750. The zero-order chi connectivity index (χ0) is 33.2. The molecule has 2 heterocycles. The van der Waals surface area contributed by atoms with E-state index in [2.05, 4.69) is 0 Å². The van der Waals surface area contributed by atoms with E-state index in [1.807, 2.05) is 6.08 Å². The first-order valence-electron chi connectivity index (χ1n) is 14.5. The van der Waals surface area contributed by atoms with E-state index in [0.29, 0.717) is 16.0 Å². The molecule has 2 aromatic rings. The first-order chi connectivity index (χ1) is 21.9. The van der Waals surface area contributed by atoms with Crippen molar-refractivity contribution >= 4 is 53.1 Å². The number of phenols is 1. The summed E-state index contributed by atoms with van der Waals surface area (Å²) in [6, 6.07) is 6.72. The van der Waals surface area contributed by atoms with Gasteiger partial charge < -0.3 is 19.3 Å². The summed E-state index contributed by atoms with van der Waals surface area (Å²) in [6.07, 6.45) is 4.39. The fourth-order valence-corrected chi connectivity index (χ4v) is 7.75. The number of amides is 5. The largest absolute Gasteiger partial charge is 0.502 e. The molecule has 1 N–H and O–H groups in total. The van der Waals surface area contributed by atoms with Crippen LogP contribution in [0.25, 0.3) is 6.08 Å². The summed E-state index contributed by atoms with van der Waals surface area (Å²) >= 11 is 6.03. The lowest BCUT2D eigenvalue weighted by molar-refractivity contribution is -0.138. The van der Waals surface area contributed by atoms with E-state index in [0.717, 1.165) is 18.1 Å². The number of carbonyl (C=O) groups is 5. The molecule has 2 saturated heterocycles. The number of methoxy groups -OCH3 is 3. The van der Waals surface area contributed by atoms with Crippen LogP contribution in [-0.2, 0) is 23.9 Å². The molecule has 11 nitrogen and oxygen atoms in total. The van der Waals surface area contributed by atoms with Crippen molar-refractivity contribution in [2.45, 2.75) is 19.8 Å². The second kappa shape index (κ2) is 11.3. The number of hydrogen-bond donors (Lipinski definition) is 1. The highest BCUT2D eigenvalue weighted by Crippen LogP contribution is 2.61. The number of carbonyl (C=O) groups excluding carboxylic acids is 5. The first-order valence-corrected chi connectivity index (χ1v) is 14.9. The van der Waals surface area contributed by atoms with E-state index in [1.165, 1.54) is 26.4 Å². The Labute approximate surface area is 268 Å². The number of anilines is 1. The van der Waals surface area contributed by atoms with Gasteiger partial charge in [-0.05, 0) is 61.6 Å². The third-order valence-corrected chi connectivity index (χ3v) is 10.1. The van der Waals surface area contributed by atoms with Gasteiger partial charge in [0.1, 0.15) is 5.82 Å². The van der Waals surface area contributed by atoms with Gasteiger partial charge in [0.2, 0.25) is 29.4 Å². The van der Waals surface area contributed by atoms with E-state index >= 15 is 0 Å². The molecule has 0 bridgehead atoms. The van der Waals surface area contributed by atoms with Crippen LogP contribution in [0.15, 0.2) is 48.1 Å². The zero-order valence-electron chi connectivity index (χ0n) is 25.3.